The third-order valence-corrected chi connectivity index (χ3v) is 5.25. The van der Waals surface area contributed by atoms with E-state index in [1.807, 2.05) is 61.7 Å². The Morgan fingerprint density at radius 1 is 1.21 bits per heavy atom. The number of fused-ring (bicyclic) bond motifs is 1. The molecule has 4 aromatic rings. The highest BCUT2D eigenvalue weighted by Crippen LogP contribution is 2.31. The summed E-state index contributed by atoms with van der Waals surface area (Å²) in [7, 11) is 0. The van der Waals surface area contributed by atoms with Crippen molar-refractivity contribution in [3.63, 3.8) is 0 Å². The fourth-order valence-corrected chi connectivity index (χ4v) is 3.59. The van der Waals surface area contributed by atoms with Crippen LogP contribution in [0.15, 0.2) is 64.4 Å². The van der Waals surface area contributed by atoms with Crippen LogP contribution >= 0.6 is 11.8 Å². The molecule has 2 aromatic carbocycles. The third-order valence-electron chi connectivity index (χ3n) is 4.32. The van der Waals surface area contributed by atoms with Gasteiger partial charge in [0.2, 0.25) is 5.91 Å². The molecule has 4 rings (SSSR count). The number of aromatic nitrogens is 3. The van der Waals surface area contributed by atoms with Crippen LogP contribution < -0.4 is 10.1 Å². The van der Waals surface area contributed by atoms with Gasteiger partial charge in [-0.3, -0.25) is 4.79 Å². The average molecular weight is 408 g/mol. The molecule has 148 valence electrons. The smallest absolute Gasteiger partial charge is 0.277 e. The second-order valence-corrected chi connectivity index (χ2v) is 7.59. The Balaban J connectivity index is 1.45. The molecule has 8 heteroatoms. The number of carbonyl (C=O) groups excluding carboxylic acids is 1. The van der Waals surface area contributed by atoms with Gasteiger partial charge in [0, 0.05) is 17.1 Å². The minimum Gasteiger partial charge on any atom is -0.492 e. The maximum absolute atomic E-state index is 12.6. The first-order valence-corrected chi connectivity index (χ1v) is 10.1. The Labute approximate surface area is 171 Å². The first-order chi connectivity index (χ1) is 14.2. The molecule has 2 heterocycles. The number of H-pyrrole nitrogens is 1. The first-order valence-electron chi connectivity index (χ1n) is 9.25. The van der Waals surface area contributed by atoms with Crippen LogP contribution in [-0.4, -0.2) is 32.9 Å². The lowest BCUT2D eigenvalue weighted by atomic mass is 10.2. The standard InChI is InChI=1S/C21H20N4O3S/c1-3-27-18-11-7-6-10-17(18)23-19(26)13(2)29-21-25-24-20(28-21)15-12-22-16-9-5-4-8-14(15)16/h4-13,22H,3H2,1-2H3,(H,23,26)/t13-/m1/s1. The van der Waals surface area contributed by atoms with Crippen molar-refractivity contribution in [2.24, 2.45) is 0 Å². The van der Waals surface area contributed by atoms with Crippen molar-refractivity contribution in [2.75, 3.05) is 11.9 Å². The van der Waals surface area contributed by atoms with E-state index in [9.17, 15) is 4.79 Å². The summed E-state index contributed by atoms with van der Waals surface area (Å²) in [5.41, 5.74) is 2.47. The van der Waals surface area contributed by atoms with E-state index in [-0.39, 0.29) is 5.91 Å². The molecule has 29 heavy (non-hydrogen) atoms. The van der Waals surface area contributed by atoms with Crippen molar-refractivity contribution >= 4 is 34.3 Å². The monoisotopic (exact) mass is 408 g/mol. The number of anilines is 1. The van der Waals surface area contributed by atoms with Gasteiger partial charge < -0.3 is 19.5 Å². The summed E-state index contributed by atoms with van der Waals surface area (Å²) in [6.07, 6.45) is 1.84. The van der Waals surface area contributed by atoms with E-state index in [1.165, 1.54) is 11.8 Å². The fraction of sp³-hybridized carbons (Fsp3) is 0.190. The summed E-state index contributed by atoms with van der Waals surface area (Å²) >= 11 is 1.21. The molecule has 7 nitrogen and oxygen atoms in total. The molecular weight excluding hydrogens is 388 g/mol. The Morgan fingerprint density at radius 2 is 2.00 bits per heavy atom. The highest BCUT2D eigenvalue weighted by Gasteiger charge is 2.20. The summed E-state index contributed by atoms with van der Waals surface area (Å²) in [4.78, 5) is 15.8. The van der Waals surface area contributed by atoms with Gasteiger partial charge in [-0.1, -0.05) is 42.1 Å². The highest BCUT2D eigenvalue weighted by atomic mass is 32.2. The van der Waals surface area contributed by atoms with Crippen LogP contribution in [0.25, 0.3) is 22.4 Å². The van der Waals surface area contributed by atoms with Crippen LogP contribution in [0.5, 0.6) is 5.75 Å². The van der Waals surface area contributed by atoms with Gasteiger partial charge in [0.1, 0.15) is 5.75 Å². The minimum atomic E-state index is -0.430. The predicted octanol–water partition coefficient (Wildman–Crippen LogP) is 4.74. The van der Waals surface area contributed by atoms with Crippen molar-refractivity contribution in [2.45, 2.75) is 24.3 Å². The van der Waals surface area contributed by atoms with E-state index >= 15 is 0 Å². The molecule has 1 amide bonds. The van der Waals surface area contributed by atoms with Crippen LogP contribution in [0.3, 0.4) is 0 Å². The van der Waals surface area contributed by atoms with Crippen molar-refractivity contribution in [1.82, 2.24) is 15.2 Å². The maximum atomic E-state index is 12.6. The van der Waals surface area contributed by atoms with E-state index in [2.05, 4.69) is 20.5 Å². The summed E-state index contributed by atoms with van der Waals surface area (Å²) in [6.45, 7) is 4.21. The van der Waals surface area contributed by atoms with Gasteiger partial charge in [0.25, 0.3) is 11.1 Å². The molecule has 0 saturated heterocycles. The zero-order valence-corrected chi connectivity index (χ0v) is 16.8. The van der Waals surface area contributed by atoms with Crippen molar-refractivity contribution < 1.29 is 13.9 Å². The molecule has 0 unspecified atom stereocenters. The zero-order valence-electron chi connectivity index (χ0n) is 16.0. The predicted molar refractivity (Wildman–Crippen MR) is 113 cm³/mol. The molecule has 0 bridgehead atoms. The second kappa shape index (κ2) is 8.40. The SMILES string of the molecule is CCOc1ccccc1NC(=O)[C@@H](C)Sc1nnc(-c2c[nH]c3ccccc23)o1. The van der Waals surface area contributed by atoms with Gasteiger partial charge >= 0.3 is 0 Å². The summed E-state index contributed by atoms with van der Waals surface area (Å²) in [6, 6.07) is 15.2. The number of benzene rings is 2. The number of hydrogen-bond acceptors (Lipinski definition) is 6. The molecule has 2 N–H and O–H groups in total. The molecule has 2 aromatic heterocycles. The number of amides is 1. The van der Waals surface area contributed by atoms with E-state index in [1.54, 1.807) is 6.92 Å². The molecule has 0 aliphatic heterocycles. The summed E-state index contributed by atoms with van der Waals surface area (Å²) < 4.78 is 11.3. The van der Waals surface area contributed by atoms with Gasteiger partial charge in [-0.15, -0.1) is 10.2 Å². The number of hydrogen-bond donors (Lipinski definition) is 2. The van der Waals surface area contributed by atoms with Crippen LogP contribution in [0.4, 0.5) is 5.69 Å². The largest absolute Gasteiger partial charge is 0.492 e. The van der Waals surface area contributed by atoms with Gasteiger partial charge in [0.15, 0.2) is 0 Å². The van der Waals surface area contributed by atoms with E-state index in [0.717, 1.165) is 16.5 Å². The van der Waals surface area contributed by atoms with Crippen LogP contribution in [0, 0.1) is 0 Å². The van der Waals surface area contributed by atoms with E-state index in [0.29, 0.717) is 29.2 Å². The van der Waals surface area contributed by atoms with Gasteiger partial charge in [0.05, 0.1) is 23.1 Å². The van der Waals surface area contributed by atoms with Gasteiger partial charge in [-0.2, -0.15) is 0 Å². The van der Waals surface area contributed by atoms with Gasteiger partial charge in [-0.25, -0.2) is 0 Å². The number of ether oxygens (including phenoxy) is 1. The third kappa shape index (κ3) is 4.12. The van der Waals surface area contributed by atoms with Crippen molar-refractivity contribution in [3.05, 3.63) is 54.7 Å². The van der Waals surface area contributed by atoms with Crippen LogP contribution in [0.2, 0.25) is 0 Å². The Morgan fingerprint density at radius 3 is 2.86 bits per heavy atom. The minimum absolute atomic E-state index is 0.172. The molecular formula is C21H20N4O3S. The lowest BCUT2D eigenvalue weighted by Gasteiger charge is -2.13. The Hall–Kier alpha value is -3.26. The lowest BCUT2D eigenvalue weighted by Crippen LogP contribution is -2.22. The molecule has 0 radical (unpaired) electrons. The number of rotatable bonds is 7. The Kier molecular flexibility index (Phi) is 5.53. The second-order valence-electron chi connectivity index (χ2n) is 6.30. The number of nitrogens with zero attached hydrogens (tertiary/aromatic N) is 2. The normalized spacial score (nSPS) is 12.1. The molecule has 0 aliphatic carbocycles. The van der Waals surface area contributed by atoms with Crippen molar-refractivity contribution in [1.29, 1.82) is 0 Å². The van der Waals surface area contributed by atoms with E-state index in [4.69, 9.17) is 9.15 Å². The topological polar surface area (TPSA) is 93.0 Å². The number of aromatic amines is 1. The number of para-hydroxylation sites is 3. The molecule has 0 fully saturated rings. The van der Waals surface area contributed by atoms with Crippen LogP contribution in [0.1, 0.15) is 13.8 Å². The maximum Gasteiger partial charge on any atom is 0.277 e. The quantitative estimate of drug-likeness (QED) is 0.429. The summed E-state index contributed by atoms with van der Waals surface area (Å²) in [5.74, 6) is 0.883. The summed E-state index contributed by atoms with van der Waals surface area (Å²) in [5, 5.41) is 12.0. The van der Waals surface area contributed by atoms with Crippen LogP contribution in [-0.2, 0) is 4.79 Å². The molecule has 0 aliphatic rings. The highest BCUT2D eigenvalue weighted by molar-refractivity contribution is 8.00. The van der Waals surface area contributed by atoms with Crippen molar-refractivity contribution in [3.8, 4) is 17.2 Å². The fourth-order valence-electron chi connectivity index (χ4n) is 2.91. The Bertz CT molecular complexity index is 1140. The number of thioether (sulfide) groups is 1. The molecule has 0 spiro atoms. The number of carbonyl (C=O) groups is 1. The van der Waals surface area contributed by atoms with E-state index < -0.39 is 5.25 Å². The first kappa shape index (κ1) is 19.1. The zero-order chi connectivity index (χ0) is 20.2. The molecule has 0 saturated carbocycles. The van der Waals surface area contributed by atoms with Gasteiger partial charge in [-0.05, 0) is 32.0 Å². The lowest BCUT2D eigenvalue weighted by molar-refractivity contribution is -0.115. The average Bonchev–Trinajstić information content (AvgIpc) is 3.36. The molecule has 1 atom stereocenters. The number of nitrogens with one attached hydrogen (secondary N) is 2.